The number of benzene rings is 1. The molecule has 1 heterocycles. The molecule has 4 nitrogen and oxygen atoms in total. The van der Waals surface area contributed by atoms with Crippen LogP contribution in [0.25, 0.3) is 0 Å². The molecule has 1 aromatic carbocycles. The van der Waals surface area contributed by atoms with E-state index in [4.69, 9.17) is 0 Å². The van der Waals surface area contributed by atoms with E-state index in [9.17, 15) is 4.79 Å². The van der Waals surface area contributed by atoms with Crippen molar-refractivity contribution in [2.75, 3.05) is 0 Å². The maximum Gasteiger partial charge on any atom is 0.254 e. The largest absolute Gasteiger partial charge is 0.348 e. The van der Waals surface area contributed by atoms with Crippen LogP contribution in [0.1, 0.15) is 15.9 Å². The predicted molar refractivity (Wildman–Crippen MR) is 56.2 cm³/mol. The van der Waals surface area contributed by atoms with E-state index in [0.717, 1.165) is 5.56 Å². The molecule has 0 aliphatic heterocycles. The standard InChI is InChI=1S/C11H11N3O/c15-11(10-7-13-14-8-10)12-6-9-4-2-1-3-5-9/h1-5,7-8H,6H2,(H,12,15)(H,13,14). The summed E-state index contributed by atoms with van der Waals surface area (Å²) in [4.78, 5) is 11.5. The molecular weight excluding hydrogens is 190 g/mol. The Labute approximate surface area is 87.3 Å². The Balaban J connectivity index is 1.92. The summed E-state index contributed by atoms with van der Waals surface area (Å²) >= 11 is 0. The maximum absolute atomic E-state index is 11.5. The lowest BCUT2D eigenvalue weighted by Crippen LogP contribution is -2.22. The molecule has 0 radical (unpaired) electrons. The molecule has 0 fully saturated rings. The fourth-order valence-electron chi connectivity index (χ4n) is 1.26. The van der Waals surface area contributed by atoms with Gasteiger partial charge in [-0.2, -0.15) is 5.10 Å². The van der Waals surface area contributed by atoms with E-state index in [1.54, 1.807) is 6.20 Å². The summed E-state index contributed by atoms with van der Waals surface area (Å²) in [5.41, 5.74) is 1.63. The summed E-state index contributed by atoms with van der Waals surface area (Å²) < 4.78 is 0. The number of amides is 1. The van der Waals surface area contributed by atoms with Crippen LogP contribution in [0.3, 0.4) is 0 Å². The van der Waals surface area contributed by atoms with Crippen molar-refractivity contribution in [2.24, 2.45) is 0 Å². The second-order valence-electron chi connectivity index (χ2n) is 3.16. The fraction of sp³-hybridized carbons (Fsp3) is 0.0909. The topological polar surface area (TPSA) is 57.8 Å². The Morgan fingerprint density at radius 1 is 1.33 bits per heavy atom. The molecule has 2 N–H and O–H groups in total. The second kappa shape index (κ2) is 4.41. The van der Waals surface area contributed by atoms with Gasteiger partial charge in [-0.15, -0.1) is 0 Å². The van der Waals surface area contributed by atoms with E-state index in [1.807, 2.05) is 30.3 Å². The molecule has 1 amide bonds. The van der Waals surface area contributed by atoms with Crippen LogP contribution >= 0.6 is 0 Å². The molecule has 0 unspecified atom stereocenters. The predicted octanol–water partition coefficient (Wildman–Crippen LogP) is 1.34. The molecule has 0 bridgehead atoms. The molecule has 2 rings (SSSR count). The van der Waals surface area contributed by atoms with Gasteiger partial charge in [0.05, 0.1) is 11.8 Å². The lowest BCUT2D eigenvalue weighted by molar-refractivity contribution is 0.0951. The highest BCUT2D eigenvalue weighted by molar-refractivity contribution is 5.93. The van der Waals surface area contributed by atoms with Gasteiger partial charge in [0.1, 0.15) is 0 Å². The summed E-state index contributed by atoms with van der Waals surface area (Å²) in [6.07, 6.45) is 3.07. The van der Waals surface area contributed by atoms with Crippen molar-refractivity contribution in [3.63, 3.8) is 0 Å². The number of H-pyrrole nitrogens is 1. The SMILES string of the molecule is O=C(NCc1ccccc1)c1cn[nH]c1. The molecule has 0 saturated heterocycles. The van der Waals surface area contributed by atoms with Crippen molar-refractivity contribution in [3.8, 4) is 0 Å². The number of aromatic amines is 1. The van der Waals surface area contributed by atoms with Crippen LogP contribution in [-0.2, 0) is 6.54 Å². The molecule has 15 heavy (non-hydrogen) atoms. The van der Waals surface area contributed by atoms with Gasteiger partial charge in [0.25, 0.3) is 5.91 Å². The number of carbonyl (C=O) groups is 1. The van der Waals surface area contributed by atoms with Gasteiger partial charge in [0.2, 0.25) is 0 Å². The Kier molecular flexibility index (Phi) is 2.78. The number of rotatable bonds is 3. The maximum atomic E-state index is 11.5. The Hall–Kier alpha value is -2.10. The molecule has 1 aromatic heterocycles. The van der Waals surface area contributed by atoms with Gasteiger partial charge in [-0.3, -0.25) is 9.89 Å². The zero-order valence-electron chi connectivity index (χ0n) is 8.10. The molecule has 0 saturated carbocycles. The molecular formula is C11H11N3O. The van der Waals surface area contributed by atoms with E-state index >= 15 is 0 Å². The van der Waals surface area contributed by atoms with Crippen LogP contribution in [0.4, 0.5) is 0 Å². The molecule has 2 aromatic rings. The van der Waals surface area contributed by atoms with E-state index in [-0.39, 0.29) is 5.91 Å². The monoisotopic (exact) mass is 201 g/mol. The highest BCUT2D eigenvalue weighted by Gasteiger charge is 2.04. The van der Waals surface area contributed by atoms with Crippen LogP contribution in [0.2, 0.25) is 0 Å². The highest BCUT2D eigenvalue weighted by Crippen LogP contribution is 1.99. The summed E-state index contributed by atoms with van der Waals surface area (Å²) in [5.74, 6) is -0.118. The molecule has 4 heteroatoms. The molecule has 0 atom stereocenters. The van der Waals surface area contributed by atoms with Crippen LogP contribution < -0.4 is 5.32 Å². The third-order valence-corrected chi connectivity index (χ3v) is 2.06. The molecule has 0 aliphatic carbocycles. The van der Waals surface area contributed by atoms with Gasteiger partial charge >= 0.3 is 0 Å². The summed E-state index contributed by atoms with van der Waals surface area (Å²) in [7, 11) is 0. The van der Waals surface area contributed by atoms with Crippen LogP contribution in [0.15, 0.2) is 42.7 Å². The highest BCUT2D eigenvalue weighted by atomic mass is 16.1. The van der Waals surface area contributed by atoms with E-state index < -0.39 is 0 Å². The van der Waals surface area contributed by atoms with Crippen molar-refractivity contribution < 1.29 is 4.79 Å². The summed E-state index contributed by atoms with van der Waals surface area (Å²) in [6.45, 7) is 0.533. The molecule has 0 spiro atoms. The minimum absolute atomic E-state index is 0.118. The third kappa shape index (κ3) is 2.43. The van der Waals surface area contributed by atoms with Gasteiger partial charge < -0.3 is 5.32 Å². The molecule has 0 aliphatic rings. The van der Waals surface area contributed by atoms with Crippen molar-refractivity contribution in [1.29, 1.82) is 0 Å². The lowest BCUT2D eigenvalue weighted by Gasteiger charge is -2.02. The zero-order valence-corrected chi connectivity index (χ0v) is 8.10. The second-order valence-corrected chi connectivity index (χ2v) is 3.16. The van der Waals surface area contributed by atoms with E-state index in [1.165, 1.54) is 6.20 Å². The molecule has 76 valence electrons. The van der Waals surface area contributed by atoms with Gasteiger partial charge in [-0.05, 0) is 5.56 Å². The average Bonchev–Trinajstić information content (AvgIpc) is 2.81. The number of nitrogens with one attached hydrogen (secondary N) is 2. The Morgan fingerprint density at radius 2 is 2.13 bits per heavy atom. The van der Waals surface area contributed by atoms with Gasteiger partial charge in [-0.25, -0.2) is 0 Å². The first kappa shape index (κ1) is 9.45. The minimum atomic E-state index is -0.118. The van der Waals surface area contributed by atoms with E-state index in [2.05, 4.69) is 15.5 Å². The average molecular weight is 201 g/mol. The first-order valence-corrected chi connectivity index (χ1v) is 4.67. The number of hydrogen-bond acceptors (Lipinski definition) is 2. The number of nitrogens with zero attached hydrogens (tertiary/aromatic N) is 1. The van der Waals surface area contributed by atoms with Crippen molar-refractivity contribution >= 4 is 5.91 Å². The third-order valence-electron chi connectivity index (χ3n) is 2.06. The normalized spacial score (nSPS) is 9.87. The van der Waals surface area contributed by atoms with Gasteiger partial charge in [-0.1, -0.05) is 30.3 Å². The van der Waals surface area contributed by atoms with E-state index in [0.29, 0.717) is 12.1 Å². The van der Waals surface area contributed by atoms with Crippen LogP contribution in [0.5, 0.6) is 0 Å². The zero-order chi connectivity index (χ0) is 10.5. The Morgan fingerprint density at radius 3 is 2.80 bits per heavy atom. The van der Waals surface area contributed by atoms with Gasteiger partial charge in [0.15, 0.2) is 0 Å². The van der Waals surface area contributed by atoms with Crippen molar-refractivity contribution in [3.05, 3.63) is 53.9 Å². The Bertz CT molecular complexity index is 422. The van der Waals surface area contributed by atoms with Crippen molar-refractivity contribution in [2.45, 2.75) is 6.54 Å². The quantitative estimate of drug-likeness (QED) is 0.787. The van der Waals surface area contributed by atoms with Crippen molar-refractivity contribution in [1.82, 2.24) is 15.5 Å². The number of carbonyl (C=O) groups excluding carboxylic acids is 1. The van der Waals surface area contributed by atoms with Gasteiger partial charge in [0, 0.05) is 12.7 Å². The first-order chi connectivity index (χ1) is 7.36. The van der Waals surface area contributed by atoms with Crippen LogP contribution in [-0.4, -0.2) is 16.1 Å². The fourth-order valence-corrected chi connectivity index (χ4v) is 1.26. The first-order valence-electron chi connectivity index (χ1n) is 4.67. The summed E-state index contributed by atoms with van der Waals surface area (Å²) in [6, 6.07) is 9.77. The van der Waals surface area contributed by atoms with Crippen LogP contribution in [0, 0.1) is 0 Å². The smallest absolute Gasteiger partial charge is 0.254 e. The minimum Gasteiger partial charge on any atom is -0.348 e. The lowest BCUT2D eigenvalue weighted by atomic mass is 10.2. The number of aromatic nitrogens is 2. The summed E-state index contributed by atoms with van der Waals surface area (Å²) in [5, 5.41) is 9.11. The number of hydrogen-bond donors (Lipinski definition) is 2.